The summed E-state index contributed by atoms with van der Waals surface area (Å²) < 4.78 is 1.85. The highest BCUT2D eigenvalue weighted by Gasteiger charge is 2.60. The van der Waals surface area contributed by atoms with Gasteiger partial charge < -0.3 is 0 Å². The summed E-state index contributed by atoms with van der Waals surface area (Å²) >= 11 is 6.13. The maximum atomic E-state index is 13.6. The highest BCUT2D eigenvalue weighted by atomic mass is 35.5. The zero-order chi connectivity index (χ0) is 23.0. The molecule has 0 radical (unpaired) electrons. The van der Waals surface area contributed by atoms with E-state index in [0.29, 0.717) is 22.8 Å². The minimum atomic E-state index is 0.180. The number of fused-ring (bicyclic) bond motifs is 6. The molecule has 1 heterocycles. The Morgan fingerprint density at radius 3 is 2.70 bits per heavy atom. The first-order valence-electron chi connectivity index (χ1n) is 13.4. The minimum Gasteiger partial charge on any atom is -0.297 e. The number of benzene rings is 1. The van der Waals surface area contributed by atoms with E-state index in [4.69, 9.17) is 11.6 Å². The Balaban J connectivity index is 1.21. The summed E-state index contributed by atoms with van der Waals surface area (Å²) in [5.41, 5.74) is 1.60. The van der Waals surface area contributed by atoms with Crippen molar-refractivity contribution in [2.45, 2.75) is 85.1 Å². The molecular weight excluding hydrogens is 428 g/mol. The molecule has 4 aliphatic rings. The quantitative estimate of drug-likeness (QED) is 0.467. The first-order chi connectivity index (χ1) is 15.8. The Labute approximate surface area is 203 Å². The Morgan fingerprint density at radius 1 is 1.06 bits per heavy atom. The molecule has 0 aliphatic heterocycles. The summed E-state index contributed by atoms with van der Waals surface area (Å²) in [6.07, 6.45) is 14.0. The van der Waals surface area contributed by atoms with Gasteiger partial charge in [0.25, 0.3) is 0 Å². The number of halogens is 1. The van der Waals surface area contributed by atoms with Gasteiger partial charge in [0.05, 0.1) is 12.1 Å². The lowest BCUT2D eigenvalue weighted by Crippen LogP contribution is -2.53. The monoisotopic (exact) mass is 466 g/mol. The molecule has 4 heteroatoms. The van der Waals surface area contributed by atoms with Crippen molar-refractivity contribution in [2.75, 3.05) is 0 Å². The number of nitrogens with zero attached hydrogens (tertiary/aromatic N) is 2. The summed E-state index contributed by atoms with van der Waals surface area (Å²) in [5.74, 6) is 4.89. The Kier molecular flexibility index (Phi) is 5.25. The van der Waals surface area contributed by atoms with Crippen LogP contribution in [0.4, 0.5) is 0 Å². The molecule has 4 saturated carbocycles. The number of hydrogen-bond donors (Lipinski definition) is 0. The van der Waals surface area contributed by atoms with Crippen LogP contribution >= 0.6 is 11.6 Å². The summed E-state index contributed by atoms with van der Waals surface area (Å²) in [6.45, 7) is 7.98. The van der Waals surface area contributed by atoms with Crippen LogP contribution in [0, 0.1) is 46.3 Å². The van der Waals surface area contributed by atoms with E-state index in [-0.39, 0.29) is 11.3 Å². The summed E-state index contributed by atoms with van der Waals surface area (Å²) in [6, 6.07) is 5.76. The van der Waals surface area contributed by atoms with Gasteiger partial charge in [-0.25, -0.2) is 0 Å². The first kappa shape index (κ1) is 22.1. The normalized spacial score (nSPS) is 42.5. The van der Waals surface area contributed by atoms with Gasteiger partial charge in [-0.2, -0.15) is 5.10 Å². The molecule has 2 aromatic rings. The van der Waals surface area contributed by atoms with E-state index in [2.05, 4.69) is 25.9 Å². The predicted octanol–water partition coefficient (Wildman–Crippen LogP) is 7.55. The van der Waals surface area contributed by atoms with E-state index >= 15 is 0 Å². The molecular formula is C29H39ClN2O. The van der Waals surface area contributed by atoms with Gasteiger partial charge in [-0.05, 0) is 110 Å². The van der Waals surface area contributed by atoms with Crippen LogP contribution < -0.4 is 0 Å². The molecule has 4 aliphatic carbocycles. The van der Waals surface area contributed by atoms with Crippen LogP contribution in [0.5, 0.6) is 0 Å². The molecule has 1 aromatic heterocycles. The van der Waals surface area contributed by atoms with E-state index in [0.717, 1.165) is 46.9 Å². The molecule has 0 spiro atoms. The molecule has 33 heavy (non-hydrogen) atoms. The van der Waals surface area contributed by atoms with Gasteiger partial charge in [0.1, 0.15) is 0 Å². The second kappa shape index (κ2) is 7.83. The van der Waals surface area contributed by atoms with Crippen molar-refractivity contribution in [2.24, 2.45) is 46.3 Å². The standard InChI is InChI=1S/C29H39ClN2O/c1-18-10-12-28(2)20(14-18)5-7-22-23-8-9-25(29(23,3)13-11-24(22)28)27(33)17-32-16-19-4-6-21(30)15-26(19)31-32/h4,6,15-16,18,20,22-25H,5,7-14,17H2,1-3H3/t18?,20?,22?,23?,24?,25-,28?,29?/m1/s1. The second-order valence-electron chi connectivity index (χ2n) is 12.7. The zero-order valence-corrected chi connectivity index (χ0v) is 21.3. The van der Waals surface area contributed by atoms with Crippen molar-refractivity contribution in [3.63, 3.8) is 0 Å². The third-order valence-corrected chi connectivity index (χ3v) is 11.4. The molecule has 6 rings (SSSR count). The highest BCUT2D eigenvalue weighted by Crippen LogP contribution is 2.67. The van der Waals surface area contributed by atoms with E-state index in [9.17, 15) is 4.79 Å². The molecule has 178 valence electrons. The average molecular weight is 467 g/mol. The van der Waals surface area contributed by atoms with Crippen molar-refractivity contribution < 1.29 is 4.79 Å². The van der Waals surface area contributed by atoms with Crippen LogP contribution in [-0.4, -0.2) is 15.6 Å². The Bertz CT molecular complexity index is 1080. The zero-order valence-electron chi connectivity index (χ0n) is 20.5. The molecule has 0 bridgehead atoms. The second-order valence-corrected chi connectivity index (χ2v) is 13.1. The van der Waals surface area contributed by atoms with Gasteiger partial charge in [-0.1, -0.05) is 38.8 Å². The highest BCUT2D eigenvalue weighted by molar-refractivity contribution is 6.31. The van der Waals surface area contributed by atoms with Crippen molar-refractivity contribution in [3.8, 4) is 0 Å². The largest absolute Gasteiger partial charge is 0.297 e. The number of aromatic nitrogens is 2. The molecule has 0 amide bonds. The SMILES string of the molecule is CC1CCC2(C)C(CCC3C2CCC2(C)C3CC[C@@H]2C(=O)Cn2cc3ccc(Cl)cc3n2)C1. The van der Waals surface area contributed by atoms with Gasteiger partial charge in [0.2, 0.25) is 0 Å². The van der Waals surface area contributed by atoms with Gasteiger partial charge in [0.15, 0.2) is 5.78 Å². The number of Topliss-reactive ketones (excluding diaryl/α,β-unsaturated/α-hetero) is 1. The summed E-state index contributed by atoms with van der Waals surface area (Å²) in [7, 11) is 0. The van der Waals surface area contributed by atoms with Crippen LogP contribution in [-0.2, 0) is 11.3 Å². The predicted molar refractivity (Wildman–Crippen MR) is 134 cm³/mol. The lowest BCUT2D eigenvalue weighted by Gasteiger charge is -2.61. The Hall–Kier alpha value is -1.35. The van der Waals surface area contributed by atoms with Crippen LogP contribution in [0.25, 0.3) is 10.9 Å². The molecule has 8 atom stereocenters. The van der Waals surface area contributed by atoms with Crippen LogP contribution in [0.15, 0.2) is 24.4 Å². The fraction of sp³-hybridized carbons (Fsp3) is 0.724. The van der Waals surface area contributed by atoms with E-state index in [1.807, 2.05) is 29.1 Å². The topological polar surface area (TPSA) is 34.9 Å². The minimum absolute atomic E-state index is 0.180. The molecule has 0 saturated heterocycles. The van der Waals surface area contributed by atoms with Crippen molar-refractivity contribution in [1.82, 2.24) is 9.78 Å². The average Bonchev–Trinajstić information content (AvgIpc) is 3.33. The van der Waals surface area contributed by atoms with Gasteiger partial charge in [-0.15, -0.1) is 0 Å². The lowest BCUT2D eigenvalue weighted by molar-refractivity contribution is -0.137. The smallest absolute Gasteiger partial charge is 0.157 e. The van der Waals surface area contributed by atoms with Crippen LogP contribution in [0.1, 0.15) is 78.6 Å². The van der Waals surface area contributed by atoms with E-state index < -0.39 is 0 Å². The van der Waals surface area contributed by atoms with Gasteiger partial charge >= 0.3 is 0 Å². The first-order valence-corrected chi connectivity index (χ1v) is 13.8. The number of ketones is 1. The molecule has 0 N–H and O–H groups in total. The third kappa shape index (κ3) is 3.43. The van der Waals surface area contributed by atoms with Gasteiger partial charge in [0, 0.05) is 22.5 Å². The Morgan fingerprint density at radius 2 is 1.85 bits per heavy atom. The van der Waals surface area contributed by atoms with Crippen molar-refractivity contribution in [1.29, 1.82) is 0 Å². The lowest BCUT2D eigenvalue weighted by atomic mass is 9.44. The summed E-state index contributed by atoms with van der Waals surface area (Å²) in [4.78, 5) is 13.6. The number of hydrogen-bond acceptors (Lipinski definition) is 2. The van der Waals surface area contributed by atoms with Crippen LogP contribution in [0.3, 0.4) is 0 Å². The van der Waals surface area contributed by atoms with E-state index in [1.54, 1.807) is 0 Å². The third-order valence-electron chi connectivity index (χ3n) is 11.2. The molecule has 7 unspecified atom stereocenters. The number of carbonyl (C=O) groups is 1. The molecule has 3 nitrogen and oxygen atoms in total. The number of carbonyl (C=O) groups excluding carboxylic acids is 1. The van der Waals surface area contributed by atoms with Crippen LogP contribution in [0.2, 0.25) is 5.02 Å². The van der Waals surface area contributed by atoms with Crippen molar-refractivity contribution >= 4 is 28.3 Å². The maximum absolute atomic E-state index is 13.6. The van der Waals surface area contributed by atoms with Gasteiger partial charge in [-0.3, -0.25) is 9.48 Å². The maximum Gasteiger partial charge on any atom is 0.157 e. The fourth-order valence-corrected chi connectivity index (χ4v) is 9.56. The summed E-state index contributed by atoms with van der Waals surface area (Å²) in [5, 5.41) is 6.39. The fourth-order valence-electron chi connectivity index (χ4n) is 9.39. The van der Waals surface area contributed by atoms with Crippen molar-refractivity contribution in [3.05, 3.63) is 29.4 Å². The molecule has 1 aromatic carbocycles. The number of rotatable bonds is 3. The molecule has 4 fully saturated rings. The van der Waals surface area contributed by atoms with E-state index in [1.165, 1.54) is 51.4 Å².